The Morgan fingerprint density at radius 1 is 1.10 bits per heavy atom. The van der Waals surface area contributed by atoms with Gasteiger partial charge >= 0.3 is 0 Å². The molecule has 4 aromatic heterocycles. The molecule has 13 heteroatoms. The molecule has 1 saturated carbocycles. The number of amides is 1. The molecule has 5 rings (SSSR count). The van der Waals surface area contributed by atoms with Crippen molar-refractivity contribution in [3.8, 4) is 0 Å². The lowest BCUT2D eigenvalue weighted by molar-refractivity contribution is -0.124. The third-order valence-corrected chi connectivity index (χ3v) is 7.32. The summed E-state index contributed by atoms with van der Waals surface area (Å²) in [6, 6.07) is 3.69. The molecule has 0 spiro atoms. The van der Waals surface area contributed by atoms with Crippen LogP contribution < -0.4 is 21.3 Å². The Morgan fingerprint density at radius 3 is 2.48 bits per heavy atom. The Kier molecular flexibility index (Phi) is 8.29. The Hall–Kier alpha value is -5.04. The Morgan fingerprint density at radius 2 is 1.83 bits per heavy atom. The van der Waals surface area contributed by atoms with Crippen molar-refractivity contribution in [2.24, 2.45) is 0 Å². The third kappa shape index (κ3) is 6.00. The average molecular weight is 570 g/mol. The molecule has 0 radical (unpaired) electrons. The molecule has 0 unspecified atom stereocenters. The third-order valence-electron chi connectivity index (χ3n) is 7.32. The number of pyridine rings is 2. The fourth-order valence-corrected chi connectivity index (χ4v) is 5.15. The van der Waals surface area contributed by atoms with Crippen LogP contribution in [0.2, 0.25) is 0 Å². The van der Waals surface area contributed by atoms with E-state index in [1.165, 1.54) is 24.6 Å². The van der Waals surface area contributed by atoms with Crippen molar-refractivity contribution in [1.82, 2.24) is 35.0 Å². The number of nitrogens with zero attached hydrogens (tertiary/aromatic N) is 7. The maximum Gasteiger partial charge on any atom is 0.267 e. The molecule has 1 amide bonds. The van der Waals surface area contributed by atoms with E-state index in [0.29, 0.717) is 46.3 Å². The predicted molar refractivity (Wildman–Crippen MR) is 157 cm³/mol. The van der Waals surface area contributed by atoms with E-state index < -0.39 is 5.91 Å². The number of hydrogen-bond acceptors (Lipinski definition) is 11. The quantitative estimate of drug-likeness (QED) is 0.117. The summed E-state index contributed by atoms with van der Waals surface area (Å²) >= 11 is 0. The average Bonchev–Trinajstić information content (AvgIpc) is 3.51. The van der Waals surface area contributed by atoms with Gasteiger partial charge in [-0.2, -0.15) is 4.98 Å². The highest BCUT2D eigenvalue weighted by atomic mass is 16.5. The SMILES string of the molecule is CC(=O)c1c(C)c2cnc(Nc3ccc(N(C)Cc4ncc(/C=C/C(=O)NO)cn4)cn3)nc2n(C2CCCC2)c1=O. The summed E-state index contributed by atoms with van der Waals surface area (Å²) in [4.78, 5) is 61.1. The lowest BCUT2D eigenvalue weighted by Gasteiger charge is -2.20. The maximum absolute atomic E-state index is 13.4. The summed E-state index contributed by atoms with van der Waals surface area (Å²) < 4.78 is 1.68. The fraction of sp³-hybridized carbons (Fsp3) is 0.310. The van der Waals surface area contributed by atoms with Crippen LogP contribution in [0.3, 0.4) is 0 Å². The second kappa shape index (κ2) is 12.2. The molecular formula is C29H31N9O4. The van der Waals surface area contributed by atoms with Gasteiger partial charge in [0.05, 0.1) is 24.0 Å². The van der Waals surface area contributed by atoms with Gasteiger partial charge in [0.25, 0.3) is 11.5 Å². The molecule has 3 N–H and O–H groups in total. The number of ketones is 1. The van der Waals surface area contributed by atoms with Crippen molar-refractivity contribution in [3.05, 3.63) is 75.9 Å². The van der Waals surface area contributed by atoms with E-state index in [2.05, 4.69) is 25.3 Å². The van der Waals surface area contributed by atoms with E-state index in [1.807, 2.05) is 18.0 Å². The zero-order chi connectivity index (χ0) is 29.8. The molecule has 0 aromatic carbocycles. The highest BCUT2D eigenvalue weighted by molar-refractivity contribution is 5.99. The first-order valence-corrected chi connectivity index (χ1v) is 13.5. The van der Waals surface area contributed by atoms with Crippen LogP contribution in [0.5, 0.6) is 0 Å². The zero-order valence-electron chi connectivity index (χ0n) is 23.5. The van der Waals surface area contributed by atoms with Gasteiger partial charge in [-0.05, 0) is 50.5 Å². The molecule has 0 bridgehead atoms. The molecular weight excluding hydrogens is 538 g/mol. The normalized spacial score (nSPS) is 13.5. The van der Waals surface area contributed by atoms with Crippen molar-refractivity contribution >= 4 is 46.3 Å². The minimum absolute atomic E-state index is 0.00110. The predicted octanol–water partition coefficient (Wildman–Crippen LogP) is 3.50. The molecule has 1 aliphatic rings. The highest BCUT2D eigenvalue weighted by Crippen LogP contribution is 2.32. The molecule has 0 saturated heterocycles. The van der Waals surface area contributed by atoms with Crippen molar-refractivity contribution < 1.29 is 14.8 Å². The van der Waals surface area contributed by atoms with Gasteiger partial charge in [0.2, 0.25) is 5.95 Å². The second-order valence-electron chi connectivity index (χ2n) is 10.2. The molecule has 1 fully saturated rings. The van der Waals surface area contributed by atoms with Crippen LogP contribution in [-0.4, -0.2) is 53.4 Å². The molecule has 0 aliphatic heterocycles. The lowest BCUT2D eigenvalue weighted by Crippen LogP contribution is -2.30. The minimum Gasteiger partial charge on any atom is -0.366 e. The molecule has 1 aliphatic carbocycles. The second-order valence-corrected chi connectivity index (χ2v) is 10.2. The number of carbonyl (C=O) groups excluding carboxylic acids is 2. The van der Waals surface area contributed by atoms with E-state index in [-0.39, 0.29) is 22.9 Å². The highest BCUT2D eigenvalue weighted by Gasteiger charge is 2.25. The largest absolute Gasteiger partial charge is 0.366 e. The summed E-state index contributed by atoms with van der Waals surface area (Å²) in [5.41, 5.74) is 3.99. The van der Waals surface area contributed by atoms with Gasteiger partial charge in [-0.25, -0.2) is 25.4 Å². The monoisotopic (exact) mass is 569 g/mol. The number of nitrogens with one attached hydrogen (secondary N) is 2. The number of fused-ring (bicyclic) bond motifs is 1. The van der Waals surface area contributed by atoms with Crippen LogP contribution in [0.25, 0.3) is 17.1 Å². The summed E-state index contributed by atoms with van der Waals surface area (Å²) in [6.45, 7) is 3.61. The van der Waals surface area contributed by atoms with Gasteiger partial charge < -0.3 is 10.2 Å². The van der Waals surface area contributed by atoms with Crippen LogP contribution >= 0.6 is 0 Å². The van der Waals surface area contributed by atoms with Gasteiger partial charge in [0.15, 0.2) is 5.78 Å². The molecule has 42 heavy (non-hydrogen) atoms. The van der Waals surface area contributed by atoms with Crippen LogP contribution in [0, 0.1) is 6.92 Å². The van der Waals surface area contributed by atoms with Crippen molar-refractivity contribution in [2.75, 3.05) is 17.3 Å². The van der Waals surface area contributed by atoms with Gasteiger partial charge in [-0.1, -0.05) is 12.8 Å². The maximum atomic E-state index is 13.4. The van der Waals surface area contributed by atoms with Crippen LogP contribution in [0.15, 0.2) is 47.8 Å². The summed E-state index contributed by atoms with van der Waals surface area (Å²) in [6.07, 6.45) is 13.0. The summed E-state index contributed by atoms with van der Waals surface area (Å²) in [7, 11) is 1.89. The smallest absolute Gasteiger partial charge is 0.267 e. The topological polar surface area (TPSA) is 168 Å². The van der Waals surface area contributed by atoms with Crippen molar-refractivity contribution in [1.29, 1.82) is 0 Å². The van der Waals surface area contributed by atoms with Gasteiger partial charge in [0, 0.05) is 48.7 Å². The van der Waals surface area contributed by atoms with Crippen molar-refractivity contribution in [2.45, 2.75) is 52.1 Å². The molecule has 0 atom stereocenters. The van der Waals surface area contributed by atoms with Crippen LogP contribution in [-0.2, 0) is 11.3 Å². The van der Waals surface area contributed by atoms with Gasteiger partial charge in [0.1, 0.15) is 17.3 Å². The summed E-state index contributed by atoms with van der Waals surface area (Å²) in [5.74, 6) is 0.505. The molecule has 4 aromatic rings. The van der Waals surface area contributed by atoms with E-state index in [9.17, 15) is 14.4 Å². The zero-order valence-corrected chi connectivity index (χ0v) is 23.5. The Balaban J connectivity index is 1.33. The first kappa shape index (κ1) is 28.5. The lowest BCUT2D eigenvalue weighted by atomic mass is 10.0. The first-order chi connectivity index (χ1) is 20.2. The number of aryl methyl sites for hydroxylation is 1. The number of rotatable bonds is 9. The number of hydroxylamine groups is 1. The number of hydrogen-bond donors (Lipinski definition) is 3. The molecule has 13 nitrogen and oxygen atoms in total. The van der Waals surface area contributed by atoms with E-state index in [4.69, 9.17) is 10.2 Å². The number of anilines is 3. The van der Waals surface area contributed by atoms with E-state index in [1.54, 1.807) is 42.3 Å². The number of aromatic nitrogens is 6. The van der Waals surface area contributed by atoms with E-state index >= 15 is 0 Å². The minimum atomic E-state index is -0.640. The van der Waals surface area contributed by atoms with Crippen LogP contribution in [0.1, 0.15) is 66.0 Å². The Bertz CT molecular complexity index is 1710. The molecule has 216 valence electrons. The Labute approximate surface area is 241 Å². The fourth-order valence-electron chi connectivity index (χ4n) is 5.15. The summed E-state index contributed by atoms with van der Waals surface area (Å²) in [5, 5.41) is 12.4. The van der Waals surface area contributed by atoms with Gasteiger partial charge in [-0.15, -0.1) is 0 Å². The van der Waals surface area contributed by atoms with Crippen LogP contribution in [0.4, 0.5) is 17.5 Å². The van der Waals surface area contributed by atoms with Crippen molar-refractivity contribution in [3.63, 3.8) is 0 Å². The first-order valence-electron chi connectivity index (χ1n) is 13.5. The number of carbonyl (C=O) groups is 2. The van der Waals surface area contributed by atoms with Gasteiger partial charge in [-0.3, -0.25) is 24.2 Å². The van der Waals surface area contributed by atoms with E-state index in [0.717, 1.165) is 31.4 Å². The standard InChI is InChI=1S/C29H31N9O4/c1-17-22-15-33-29(35-27(22)38(20-6-4-5-7-20)28(41)26(17)18(2)39)34-23-10-9-21(14-32-23)37(3)16-24-30-12-19(13-31-24)8-11-25(40)36-42/h8-15,20,42H,4-7,16H2,1-3H3,(H,36,40)(H,32,33,34,35)/b11-8+. The molecule has 4 heterocycles. The number of Topliss-reactive ketones (excluding diaryl/α,β-unsaturated/α-hetero) is 1.